The third-order valence-corrected chi connectivity index (χ3v) is 7.78. The zero-order valence-electron chi connectivity index (χ0n) is 21.9. The van der Waals surface area contributed by atoms with Crippen molar-refractivity contribution in [2.45, 2.75) is 43.0 Å². The molecule has 1 aromatic heterocycles. The predicted octanol–water partition coefficient (Wildman–Crippen LogP) is 5.64. The molecule has 1 amide bonds. The minimum atomic E-state index is -0.428. The molecule has 0 radical (unpaired) electrons. The highest BCUT2D eigenvalue weighted by Gasteiger charge is 2.20. The largest absolute Gasteiger partial charge is 0.355 e. The van der Waals surface area contributed by atoms with Crippen LogP contribution in [0.1, 0.15) is 47.2 Å². The molecule has 38 heavy (non-hydrogen) atoms. The molecule has 7 heteroatoms. The Morgan fingerprint density at radius 3 is 2.13 bits per heavy atom. The van der Waals surface area contributed by atoms with Gasteiger partial charge in [0.05, 0.1) is 5.25 Å². The van der Waals surface area contributed by atoms with E-state index in [0.29, 0.717) is 29.4 Å². The van der Waals surface area contributed by atoms with Gasteiger partial charge in [-0.1, -0.05) is 84.6 Å². The third-order valence-electron chi connectivity index (χ3n) is 6.63. The van der Waals surface area contributed by atoms with Gasteiger partial charge in [-0.05, 0) is 49.1 Å². The van der Waals surface area contributed by atoms with Crippen molar-refractivity contribution in [3.8, 4) is 0 Å². The van der Waals surface area contributed by atoms with Crippen molar-refractivity contribution >= 4 is 17.7 Å². The number of aryl methyl sites for hydroxylation is 1. The van der Waals surface area contributed by atoms with Crippen LogP contribution in [0.4, 0.5) is 4.39 Å². The summed E-state index contributed by atoms with van der Waals surface area (Å²) in [4.78, 5) is 30.7. The topological polar surface area (TPSA) is 64.0 Å². The van der Waals surface area contributed by atoms with E-state index in [2.05, 4.69) is 34.6 Å². The van der Waals surface area contributed by atoms with Gasteiger partial charge in [0.25, 0.3) is 5.56 Å². The maximum absolute atomic E-state index is 13.2. The maximum Gasteiger partial charge on any atom is 0.257 e. The lowest BCUT2D eigenvalue weighted by Gasteiger charge is -2.19. The second kappa shape index (κ2) is 12.7. The molecule has 0 saturated heterocycles. The molecule has 196 valence electrons. The summed E-state index contributed by atoms with van der Waals surface area (Å²) in [5.41, 5.74) is 4.28. The number of rotatable bonds is 10. The Balaban J connectivity index is 1.39. The van der Waals surface area contributed by atoms with E-state index in [1.165, 1.54) is 39.6 Å². The summed E-state index contributed by atoms with van der Waals surface area (Å²) in [6.07, 6.45) is 1.14. The van der Waals surface area contributed by atoms with Crippen molar-refractivity contribution in [1.29, 1.82) is 0 Å². The van der Waals surface area contributed by atoms with Crippen molar-refractivity contribution < 1.29 is 9.18 Å². The van der Waals surface area contributed by atoms with E-state index in [-0.39, 0.29) is 23.2 Å². The molecule has 3 aromatic carbocycles. The molecule has 0 saturated carbocycles. The lowest BCUT2D eigenvalue weighted by atomic mass is 9.88. The Labute approximate surface area is 227 Å². The number of hydrogen-bond donors (Lipinski definition) is 1. The standard InChI is InChI=1S/C31H32FN3O2S/c1-21-28(20-23-14-16-26(32)17-15-23)30(37)35(3)31(34-21)38-22(2)29(36)33-19-18-27(24-10-6-4-7-11-24)25-12-8-5-9-13-25/h4-17,22,27H,18-20H2,1-3H3,(H,33,36). The van der Waals surface area contributed by atoms with Gasteiger partial charge in [-0.25, -0.2) is 9.37 Å². The zero-order chi connectivity index (χ0) is 27.1. The monoisotopic (exact) mass is 529 g/mol. The van der Waals surface area contributed by atoms with Crippen LogP contribution in [0.3, 0.4) is 0 Å². The molecule has 1 unspecified atom stereocenters. The number of nitrogens with zero attached hydrogens (tertiary/aromatic N) is 2. The van der Waals surface area contributed by atoms with Crippen LogP contribution in [0.15, 0.2) is 94.9 Å². The molecule has 0 aliphatic carbocycles. The predicted molar refractivity (Wildman–Crippen MR) is 151 cm³/mol. The number of hydrogen-bond acceptors (Lipinski definition) is 4. The van der Waals surface area contributed by atoms with Crippen LogP contribution >= 0.6 is 11.8 Å². The fraction of sp³-hybridized carbons (Fsp3) is 0.258. The van der Waals surface area contributed by atoms with E-state index in [1.807, 2.05) is 43.3 Å². The first kappa shape index (κ1) is 27.3. The number of carbonyl (C=O) groups is 1. The van der Waals surface area contributed by atoms with Crippen molar-refractivity contribution in [2.75, 3.05) is 6.54 Å². The zero-order valence-corrected chi connectivity index (χ0v) is 22.7. The van der Waals surface area contributed by atoms with Gasteiger partial charge in [0, 0.05) is 37.2 Å². The van der Waals surface area contributed by atoms with Crippen LogP contribution in [0.5, 0.6) is 0 Å². The molecule has 4 rings (SSSR count). The van der Waals surface area contributed by atoms with Gasteiger partial charge in [0.15, 0.2) is 5.16 Å². The second-order valence-electron chi connectivity index (χ2n) is 9.34. The van der Waals surface area contributed by atoms with Gasteiger partial charge >= 0.3 is 0 Å². The van der Waals surface area contributed by atoms with E-state index in [4.69, 9.17) is 0 Å². The van der Waals surface area contributed by atoms with Crippen molar-refractivity contribution in [3.05, 3.63) is 129 Å². The van der Waals surface area contributed by atoms with E-state index >= 15 is 0 Å². The highest BCUT2D eigenvalue weighted by Crippen LogP contribution is 2.27. The van der Waals surface area contributed by atoms with Crippen LogP contribution in [0.2, 0.25) is 0 Å². The summed E-state index contributed by atoms with van der Waals surface area (Å²) >= 11 is 1.27. The normalized spacial score (nSPS) is 11.9. The highest BCUT2D eigenvalue weighted by molar-refractivity contribution is 8.00. The first-order chi connectivity index (χ1) is 18.3. The number of thioether (sulfide) groups is 1. The number of carbonyl (C=O) groups excluding carboxylic acids is 1. The maximum atomic E-state index is 13.2. The smallest absolute Gasteiger partial charge is 0.257 e. The fourth-order valence-electron chi connectivity index (χ4n) is 4.44. The number of amides is 1. The molecule has 5 nitrogen and oxygen atoms in total. The lowest BCUT2D eigenvalue weighted by Crippen LogP contribution is -2.33. The number of nitrogens with one attached hydrogen (secondary N) is 1. The van der Waals surface area contributed by atoms with Gasteiger partial charge in [-0.15, -0.1) is 0 Å². The van der Waals surface area contributed by atoms with Gasteiger partial charge in [-0.3, -0.25) is 14.2 Å². The minimum absolute atomic E-state index is 0.0998. The van der Waals surface area contributed by atoms with Crippen molar-refractivity contribution in [3.63, 3.8) is 0 Å². The summed E-state index contributed by atoms with van der Waals surface area (Å²) in [5, 5.41) is 3.13. The number of benzene rings is 3. The average Bonchev–Trinajstić information content (AvgIpc) is 2.94. The van der Waals surface area contributed by atoms with E-state index in [1.54, 1.807) is 26.1 Å². The van der Waals surface area contributed by atoms with Crippen LogP contribution in [-0.2, 0) is 18.3 Å². The molecule has 0 bridgehead atoms. The molecule has 0 spiro atoms. The van der Waals surface area contributed by atoms with Crippen molar-refractivity contribution in [2.24, 2.45) is 7.05 Å². The summed E-state index contributed by atoms with van der Waals surface area (Å²) in [7, 11) is 1.67. The van der Waals surface area contributed by atoms with Crippen molar-refractivity contribution in [1.82, 2.24) is 14.9 Å². The lowest BCUT2D eigenvalue weighted by molar-refractivity contribution is -0.120. The fourth-order valence-corrected chi connectivity index (χ4v) is 5.37. The van der Waals surface area contributed by atoms with Gasteiger partial charge < -0.3 is 5.32 Å². The quantitative estimate of drug-likeness (QED) is 0.213. The first-order valence-electron chi connectivity index (χ1n) is 12.7. The Hall–Kier alpha value is -3.71. The molecule has 1 heterocycles. The average molecular weight is 530 g/mol. The molecule has 0 aliphatic rings. The molecule has 0 fully saturated rings. The Morgan fingerprint density at radius 2 is 1.55 bits per heavy atom. The molecular weight excluding hydrogens is 497 g/mol. The van der Waals surface area contributed by atoms with Crippen LogP contribution in [0.25, 0.3) is 0 Å². The van der Waals surface area contributed by atoms with Crippen LogP contribution < -0.4 is 10.9 Å². The van der Waals surface area contributed by atoms with Crippen LogP contribution in [-0.4, -0.2) is 27.3 Å². The number of halogens is 1. The van der Waals surface area contributed by atoms with E-state index in [0.717, 1.165) is 12.0 Å². The highest BCUT2D eigenvalue weighted by atomic mass is 32.2. The summed E-state index contributed by atoms with van der Waals surface area (Å²) in [5.74, 6) is -0.234. The van der Waals surface area contributed by atoms with Gasteiger partial charge in [0.1, 0.15) is 5.82 Å². The molecule has 4 aromatic rings. The van der Waals surface area contributed by atoms with Gasteiger partial charge in [-0.2, -0.15) is 0 Å². The van der Waals surface area contributed by atoms with Gasteiger partial charge in [0.2, 0.25) is 5.91 Å². The SMILES string of the molecule is Cc1nc(SC(C)C(=O)NCCC(c2ccccc2)c2ccccc2)n(C)c(=O)c1Cc1ccc(F)cc1. The summed E-state index contributed by atoms with van der Waals surface area (Å²) in [6.45, 7) is 4.14. The summed E-state index contributed by atoms with van der Waals surface area (Å²) < 4.78 is 14.7. The Kier molecular flexibility index (Phi) is 9.13. The Bertz CT molecular complexity index is 1380. The molecule has 1 atom stereocenters. The molecule has 1 N–H and O–H groups in total. The third kappa shape index (κ3) is 6.78. The van der Waals surface area contributed by atoms with E-state index in [9.17, 15) is 14.0 Å². The minimum Gasteiger partial charge on any atom is -0.355 e. The molecule has 0 aliphatic heterocycles. The van der Waals surface area contributed by atoms with E-state index < -0.39 is 5.25 Å². The Morgan fingerprint density at radius 1 is 0.974 bits per heavy atom. The van der Waals surface area contributed by atoms with Crippen LogP contribution in [0, 0.1) is 12.7 Å². The first-order valence-corrected chi connectivity index (χ1v) is 13.6. The second-order valence-corrected chi connectivity index (χ2v) is 10.6. The molecular formula is C31H32FN3O2S. The number of aromatic nitrogens is 2. The summed E-state index contributed by atoms with van der Waals surface area (Å²) in [6, 6.07) is 26.7.